The minimum atomic E-state index is -3.01. The van der Waals surface area contributed by atoms with E-state index in [-0.39, 0.29) is 11.5 Å². The quantitative estimate of drug-likeness (QED) is 0.537. The van der Waals surface area contributed by atoms with Crippen molar-refractivity contribution in [1.29, 1.82) is 0 Å². The van der Waals surface area contributed by atoms with Gasteiger partial charge in [0.15, 0.2) is 16.7 Å². The number of carbonyl (C=O) groups excluding carboxylic acids is 1. The average Bonchev–Trinajstić information content (AvgIpc) is 3.12. The number of rotatable bonds is 8. The molecule has 2 aromatic carbocycles. The van der Waals surface area contributed by atoms with Gasteiger partial charge in [0.1, 0.15) is 6.33 Å². The summed E-state index contributed by atoms with van der Waals surface area (Å²) >= 11 is 1.44. The Morgan fingerprint density at radius 3 is 2.63 bits per heavy atom. The maximum absolute atomic E-state index is 12.7. The molecule has 3 aromatic rings. The predicted octanol–water partition coefficient (Wildman–Crippen LogP) is 4.23. The average molecular weight is 432 g/mol. The van der Waals surface area contributed by atoms with Crippen LogP contribution in [0.25, 0.3) is 6.08 Å². The highest BCUT2D eigenvalue weighted by atomic mass is 32.2. The molecule has 3 rings (SSSR count). The molecule has 30 heavy (non-hydrogen) atoms. The molecule has 0 fully saturated rings. The fourth-order valence-corrected chi connectivity index (χ4v) is 3.23. The fraction of sp³-hybridized carbons (Fsp3) is 0.150. The summed E-state index contributed by atoms with van der Waals surface area (Å²) in [6.07, 6.45) is 4.23. The molecule has 0 saturated heterocycles. The topological polar surface area (TPSA) is 78.3 Å². The predicted molar refractivity (Wildman–Crippen MR) is 109 cm³/mol. The first-order chi connectivity index (χ1) is 14.5. The third-order valence-corrected chi connectivity index (χ3v) is 4.91. The van der Waals surface area contributed by atoms with Crippen LogP contribution in [0.1, 0.15) is 5.56 Å². The standard InChI is InChI=1S/C20H18F2N4O3S/c1-26-12-23-25-20(26)30-15-9-7-14(8-10-15)24-17(27)11-6-13-4-3-5-16(28-2)18(13)29-19(21)22/h3-12,19H,1-2H3,(H,24,27)/b11-6+. The van der Waals surface area contributed by atoms with Crippen LogP contribution in [0.2, 0.25) is 0 Å². The molecule has 0 unspecified atom stereocenters. The maximum Gasteiger partial charge on any atom is 0.387 e. The molecule has 0 aliphatic rings. The van der Waals surface area contributed by atoms with Crippen LogP contribution in [0.5, 0.6) is 11.5 Å². The number of halogens is 2. The van der Waals surface area contributed by atoms with Crippen molar-refractivity contribution in [3.8, 4) is 11.5 Å². The molecule has 1 N–H and O–H groups in total. The largest absolute Gasteiger partial charge is 0.493 e. The van der Waals surface area contributed by atoms with E-state index in [1.807, 2.05) is 19.2 Å². The number of hydrogen-bond acceptors (Lipinski definition) is 6. The molecular weight excluding hydrogens is 414 g/mol. The smallest absolute Gasteiger partial charge is 0.387 e. The third-order valence-electron chi connectivity index (χ3n) is 3.85. The Labute approximate surface area is 175 Å². The second-order valence-electron chi connectivity index (χ2n) is 5.93. The van der Waals surface area contributed by atoms with Gasteiger partial charge in [-0.15, -0.1) is 10.2 Å². The number of aryl methyl sites for hydroxylation is 1. The van der Waals surface area contributed by atoms with E-state index < -0.39 is 12.5 Å². The van der Waals surface area contributed by atoms with E-state index >= 15 is 0 Å². The highest BCUT2D eigenvalue weighted by Gasteiger charge is 2.14. The molecule has 7 nitrogen and oxygen atoms in total. The number of alkyl halides is 2. The van der Waals surface area contributed by atoms with E-state index in [9.17, 15) is 13.6 Å². The Morgan fingerprint density at radius 1 is 1.23 bits per heavy atom. The first kappa shape index (κ1) is 21.3. The molecule has 0 atom stereocenters. The van der Waals surface area contributed by atoms with Crippen molar-refractivity contribution in [3.63, 3.8) is 0 Å². The second kappa shape index (κ2) is 9.88. The van der Waals surface area contributed by atoms with Crippen molar-refractivity contribution < 1.29 is 23.0 Å². The zero-order valence-electron chi connectivity index (χ0n) is 16.1. The van der Waals surface area contributed by atoms with Crippen molar-refractivity contribution >= 4 is 29.4 Å². The number of methoxy groups -OCH3 is 1. The molecule has 0 radical (unpaired) electrons. The lowest BCUT2D eigenvalue weighted by atomic mass is 10.1. The first-order valence-electron chi connectivity index (χ1n) is 8.69. The van der Waals surface area contributed by atoms with Gasteiger partial charge in [0.05, 0.1) is 7.11 Å². The lowest BCUT2D eigenvalue weighted by Gasteiger charge is -2.12. The van der Waals surface area contributed by atoms with Crippen molar-refractivity contribution in [2.75, 3.05) is 12.4 Å². The summed E-state index contributed by atoms with van der Waals surface area (Å²) in [7, 11) is 3.20. The van der Waals surface area contributed by atoms with E-state index in [2.05, 4.69) is 20.3 Å². The molecule has 10 heteroatoms. The Hall–Kier alpha value is -3.40. The Kier molecular flexibility index (Phi) is 7.02. The minimum absolute atomic E-state index is 0.135. The van der Waals surface area contributed by atoms with Crippen LogP contribution in [-0.4, -0.2) is 34.4 Å². The van der Waals surface area contributed by atoms with Crippen LogP contribution in [0.15, 0.2) is 64.9 Å². The van der Waals surface area contributed by atoms with Crippen molar-refractivity contribution in [1.82, 2.24) is 14.8 Å². The number of ether oxygens (including phenoxy) is 2. The molecule has 0 saturated carbocycles. The van der Waals surface area contributed by atoms with Gasteiger partial charge in [-0.1, -0.05) is 12.1 Å². The van der Waals surface area contributed by atoms with Crippen LogP contribution in [0, 0.1) is 0 Å². The van der Waals surface area contributed by atoms with Gasteiger partial charge in [-0.3, -0.25) is 4.79 Å². The van der Waals surface area contributed by atoms with Crippen molar-refractivity contribution in [2.24, 2.45) is 7.05 Å². The van der Waals surface area contributed by atoms with Crippen molar-refractivity contribution in [3.05, 3.63) is 60.4 Å². The number of amides is 1. The first-order valence-corrected chi connectivity index (χ1v) is 9.50. The highest BCUT2D eigenvalue weighted by Crippen LogP contribution is 2.33. The molecule has 1 aromatic heterocycles. The maximum atomic E-state index is 12.7. The van der Waals surface area contributed by atoms with Gasteiger partial charge in [0, 0.05) is 29.3 Å². The Bertz CT molecular complexity index is 1040. The second-order valence-corrected chi connectivity index (χ2v) is 6.97. The molecule has 0 aliphatic carbocycles. The molecule has 0 bridgehead atoms. The van der Waals surface area contributed by atoms with E-state index in [1.54, 1.807) is 35.2 Å². The fourth-order valence-electron chi connectivity index (χ4n) is 2.47. The number of nitrogens with one attached hydrogen (secondary N) is 1. The summed E-state index contributed by atoms with van der Waals surface area (Å²) < 4.78 is 36.7. The summed E-state index contributed by atoms with van der Waals surface area (Å²) in [6, 6.07) is 11.8. The van der Waals surface area contributed by atoms with Gasteiger partial charge in [0.2, 0.25) is 5.91 Å². The number of para-hydroxylation sites is 1. The van der Waals surface area contributed by atoms with E-state index in [0.29, 0.717) is 11.3 Å². The number of nitrogens with zero attached hydrogens (tertiary/aromatic N) is 3. The van der Waals surface area contributed by atoms with Crippen LogP contribution < -0.4 is 14.8 Å². The van der Waals surface area contributed by atoms with Gasteiger partial charge >= 0.3 is 6.61 Å². The van der Waals surface area contributed by atoms with Gasteiger partial charge in [-0.25, -0.2) is 0 Å². The van der Waals surface area contributed by atoms with E-state index in [4.69, 9.17) is 4.74 Å². The monoisotopic (exact) mass is 432 g/mol. The number of carbonyl (C=O) groups is 1. The lowest BCUT2D eigenvalue weighted by molar-refractivity contribution is -0.111. The van der Waals surface area contributed by atoms with Crippen LogP contribution in [0.4, 0.5) is 14.5 Å². The van der Waals surface area contributed by atoms with Crippen LogP contribution in [0.3, 0.4) is 0 Å². The van der Waals surface area contributed by atoms with Crippen LogP contribution >= 0.6 is 11.8 Å². The summed E-state index contributed by atoms with van der Waals surface area (Å²) in [5.41, 5.74) is 0.877. The lowest BCUT2D eigenvalue weighted by Crippen LogP contribution is -2.08. The summed E-state index contributed by atoms with van der Waals surface area (Å²) in [4.78, 5) is 13.1. The Morgan fingerprint density at radius 2 is 2.00 bits per heavy atom. The number of anilines is 1. The summed E-state index contributed by atoms with van der Waals surface area (Å²) in [5.74, 6) is -0.410. The Balaban J connectivity index is 1.65. The van der Waals surface area contributed by atoms with Gasteiger partial charge < -0.3 is 19.4 Å². The van der Waals surface area contributed by atoms with E-state index in [1.165, 1.54) is 37.1 Å². The minimum Gasteiger partial charge on any atom is -0.493 e. The molecule has 1 amide bonds. The molecule has 0 aliphatic heterocycles. The molecule has 156 valence electrons. The zero-order chi connectivity index (χ0) is 21.5. The van der Waals surface area contributed by atoms with Gasteiger partial charge in [-0.05, 0) is 48.2 Å². The zero-order valence-corrected chi connectivity index (χ0v) is 16.9. The molecule has 0 spiro atoms. The van der Waals surface area contributed by atoms with Crippen molar-refractivity contribution in [2.45, 2.75) is 16.7 Å². The number of hydrogen-bond donors (Lipinski definition) is 1. The van der Waals surface area contributed by atoms with Gasteiger partial charge in [-0.2, -0.15) is 8.78 Å². The summed E-state index contributed by atoms with van der Waals surface area (Å²) in [5, 5.41) is 11.3. The molecular formula is C20H18F2N4O3S. The number of aromatic nitrogens is 3. The van der Waals surface area contributed by atoms with Crippen LogP contribution in [-0.2, 0) is 11.8 Å². The SMILES string of the molecule is COc1cccc(/C=C/C(=O)Nc2ccc(Sc3nncn3C)cc2)c1OC(F)F. The number of benzene rings is 2. The summed E-state index contributed by atoms with van der Waals surface area (Å²) in [6.45, 7) is -3.01. The molecule has 1 heterocycles. The normalized spacial score (nSPS) is 11.1. The van der Waals surface area contributed by atoms with E-state index in [0.717, 1.165) is 10.1 Å². The van der Waals surface area contributed by atoms with Gasteiger partial charge in [0.25, 0.3) is 0 Å². The third kappa shape index (κ3) is 5.57. The highest BCUT2D eigenvalue weighted by molar-refractivity contribution is 7.99.